The lowest BCUT2D eigenvalue weighted by molar-refractivity contribution is -0.116. The number of aromatic nitrogens is 3. The number of thioether (sulfide) groups is 1. The number of carbonyl (C=O) groups is 1. The molecule has 29 heavy (non-hydrogen) atoms. The van der Waals surface area contributed by atoms with E-state index in [1.165, 1.54) is 11.8 Å². The number of nitrogens with zero attached hydrogens (tertiary/aromatic N) is 3. The second kappa shape index (κ2) is 8.47. The molecule has 0 radical (unpaired) electrons. The van der Waals surface area contributed by atoms with E-state index in [9.17, 15) is 4.79 Å². The molecular weight excluding hydrogens is 406 g/mol. The molecule has 6 nitrogen and oxygen atoms in total. The molecule has 2 aromatic carbocycles. The Morgan fingerprint density at radius 2 is 2.03 bits per heavy atom. The molecule has 3 aromatic rings. The van der Waals surface area contributed by atoms with Crippen LogP contribution in [0.2, 0.25) is 5.02 Å². The van der Waals surface area contributed by atoms with E-state index in [-0.39, 0.29) is 11.9 Å². The van der Waals surface area contributed by atoms with Gasteiger partial charge < -0.3 is 10.7 Å². The minimum Gasteiger partial charge on any atom is -0.325 e. The smallest absolute Gasteiger partial charge is 0.240 e. The fourth-order valence-electron chi connectivity index (χ4n) is 3.34. The Morgan fingerprint density at radius 3 is 2.76 bits per heavy atom. The van der Waals surface area contributed by atoms with E-state index < -0.39 is 5.25 Å². The second-order valence-corrected chi connectivity index (χ2v) is 8.58. The molecular formula is C21H22ClN5OS. The summed E-state index contributed by atoms with van der Waals surface area (Å²) < 4.78 is 1.91. The Kier molecular flexibility index (Phi) is 5.78. The van der Waals surface area contributed by atoms with Gasteiger partial charge >= 0.3 is 0 Å². The van der Waals surface area contributed by atoms with Gasteiger partial charge in [-0.05, 0) is 48.7 Å². The predicted molar refractivity (Wildman–Crippen MR) is 117 cm³/mol. The molecule has 150 valence electrons. The van der Waals surface area contributed by atoms with Crippen molar-refractivity contribution < 1.29 is 4.79 Å². The molecule has 2 heterocycles. The molecule has 1 aliphatic heterocycles. The summed E-state index contributed by atoms with van der Waals surface area (Å²) in [4.78, 5) is 13.2. The molecule has 0 saturated carbocycles. The molecule has 4 rings (SSSR count). The van der Waals surface area contributed by atoms with Gasteiger partial charge in [-0.2, -0.15) is 0 Å². The van der Waals surface area contributed by atoms with Crippen LogP contribution in [0.15, 0.2) is 53.7 Å². The van der Waals surface area contributed by atoms with Gasteiger partial charge in [-0.3, -0.25) is 4.79 Å². The number of halogens is 1. The third-order valence-electron chi connectivity index (χ3n) is 4.75. The van der Waals surface area contributed by atoms with Gasteiger partial charge in [-0.15, -0.1) is 10.2 Å². The minimum absolute atomic E-state index is 0.0839. The second-order valence-electron chi connectivity index (χ2n) is 7.04. The Bertz CT molecular complexity index is 1020. The summed E-state index contributed by atoms with van der Waals surface area (Å²) in [6.07, 6.45) is 1.78. The zero-order chi connectivity index (χ0) is 20.4. The van der Waals surface area contributed by atoms with Crippen LogP contribution in [0.1, 0.15) is 36.3 Å². The fourth-order valence-corrected chi connectivity index (χ4v) is 4.57. The van der Waals surface area contributed by atoms with Crippen LogP contribution in [0.3, 0.4) is 0 Å². The monoisotopic (exact) mass is 427 g/mol. The molecule has 8 heteroatoms. The van der Waals surface area contributed by atoms with Crippen LogP contribution in [0.25, 0.3) is 0 Å². The summed E-state index contributed by atoms with van der Waals surface area (Å²) in [6.45, 7) is 4.10. The van der Waals surface area contributed by atoms with Crippen molar-refractivity contribution in [3.05, 3.63) is 70.5 Å². The van der Waals surface area contributed by atoms with Crippen molar-refractivity contribution in [2.45, 2.75) is 43.1 Å². The summed E-state index contributed by atoms with van der Waals surface area (Å²) in [6, 6.07) is 15.1. The molecule has 0 aliphatic carbocycles. The number of anilines is 1. The average molecular weight is 428 g/mol. The average Bonchev–Trinajstić information content (AvgIpc) is 3.10. The lowest BCUT2D eigenvalue weighted by Crippen LogP contribution is -2.41. The summed E-state index contributed by atoms with van der Waals surface area (Å²) >= 11 is 7.50. The number of fused-ring (bicyclic) bond motifs is 1. The number of amides is 1. The highest BCUT2D eigenvalue weighted by Crippen LogP contribution is 2.38. The molecule has 0 bridgehead atoms. The first-order valence-electron chi connectivity index (χ1n) is 9.55. The van der Waals surface area contributed by atoms with Gasteiger partial charge in [0.2, 0.25) is 11.1 Å². The zero-order valence-electron chi connectivity index (χ0n) is 16.2. The van der Waals surface area contributed by atoms with Crippen molar-refractivity contribution in [2.24, 2.45) is 0 Å². The van der Waals surface area contributed by atoms with E-state index in [0.717, 1.165) is 35.5 Å². The summed E-state index contributed by atoms with van der Waals surface area (Å²) in [7, 11) is 0. The molecule has 2 N–H and O–H groups in total. The summed E-state index contributed by atoms with van der Waals surface area (Å²) in [5.74, 6) is 0.783. The van der Waals surface area contributed by atoms with Crippen LogP contribution in [-0.2, 0) is 11.2 Å². The molecule has 1 aliphatic rings. The van der Waals surface area contributed by atoms with Crippen LogP contribution < -0.4 is 10.7 Å². The fraction of sp³-hybridized carbons (Fsp3) is 0.286. The van der Waals surface area contributed by atoms with E-state index >= 15 is 0 Å². The Hall–Kier alpha value is -2.51. The first-order valence-corrected chi connectivity index (χ1v) is 10.8. The minimum atomic E-state index is -0.414. The van der Waals surface area contributed by atoms with E-state index in [1.807, 2.05) is 60.1 Å². The third-order valence-corrected chi connectivity index (χ3v) is 6.22. The molecule has 0 spiro atoms. The van der Waals surface area contributed by atoms with Gasteiger partial charge in [-0.1, -0.05) is 54.6 Å². The first kappa shape index (κ1) is 19.8. The van der Waals surface area contributed by atoms with Crippen molar-refractivity contribution >= 4 is 35.0 Å². The lowest BCUT2D eigenvalue weighted by Gasteiger charge is -2.33. The largest absolute Gasteiger partial charge is 0.325 e. The maximum Gasteiger partial charge on any atom is 0.240 e. The molecule has 0 unspecified atom stereocenters. The van der Waals surface area contributed by atoms with Crippen molar-refractivity contribution in [3.63, 3.8) is 0 Å². The van der Waals surface area contributed by atoms with E-state index in [4.69, 9.17) is 11.6 Å². The summed E-state index contributed by atoms with van der Waals surface area (Å²) in [5, 5.41) is 12.6. The third kappa shape index (κ3) is 4.26. The van der Waals surface area contributed by atoms with E-state index in [0.29, 0.717) is 10.2 Å². The number of carbonyl (C=O) groups excluding carboxylic acids is 1. The molecule has 1 aromatic heterocycles. The molecule has 1 amide bonds. The Balaban J connectivity index is 1.66. The van der Waals surface area contributed by atoms with E-state index in [2.05, 4.69) is 27.9 Å². The van der Waals surface area contributed by atoms with E-state index in [1.54, 1.807) is 0 Å². The highest BCUT2D eigenvalue weighted by Gasteiger charge is 2.37. The van der Waals surface area contributed by atoms with Gasteiger partial charge in [0.1, 0.15) is 5.25 Å². The van der Waals surface area contributed by atoms with Gasteiger partial charge in [0.15, 0.2) is 5.82 Å². The van der Waals surface area contributed by atoms with Gasteiger partial charge in [0.25, 0.3) is 0 Å². The number of rotatable bonds is 5. The SMILES string of the molecule is CCCc1nnc2n1N[C@H](c1ccc(Cl)cc1)[C@H](C(=O)Nc1cccc(C)c1)S2. The number of hydrogen-bond donors (Lipinski definition) is 2. The summed E-state index contributed by atoms with van der Waals surface area (Å²) in [5.41, 5.74) is 6.32. The van der Waals surface area contributed by atoms with Crippen LogP contribution in [0, 0.1) is 6.92 Å². The maximum absolute atomic E-state index is 13.2. The number of nitrogens with one attached hydrogen (secondary N) is 2. The van der Waals surface area contributed by atoms with Crippen molar-refractivity contribution in [1.82, 2.24) is 14.9 Å². The van der Waals surface area contributed by atoms with Crippen LogP contribution >= 0.6 is 23.4 Å². The standard InChI is InChI=1S/C21H22ClN5OS/c1-3-5-17-24-25-21-27(17)26-18(14-8-10-15(22)11-9-14)19(29-21)20(28)23-16-7-4-6-13(2)12-16/h4,6-12,18-19,26H,3,5H2,1-2H3,(H,23,28)/t18-,19-/m1/s1. The Labute approximate surface area is 179 Å². The first-order chi connectivity index (χ1) is 14.0. The van der Waals surface area contributed by atoms with Crippen molar-refractivity contribution in [1.29, 1.82) is 0 Å². The van der Waals surface area contributed by atoms with Gasteiger partial charge in [-0.25, -0.2) is 4.68 Å². The Morgan fingerprint density at radius 1 is 1.24 bits per heavy atom. The quantitative estimate of drug-likeness (QED) is 0.623. The van der Waals surface area contributed by atoms with Crippen molar-refractivity contribution in [2.75, 3.05) is 10.7 Å². The molecule has 0 saturated heterocycles. The van der Waals surface area contributed by atoms with Gasteiger partial charge in [0.05, 0.1) is 6.04 Å². The molecule has 2 atom stereocenters. The topological polar surface area (TPSA) is 71.8 Å². The molecule has 0 fully saturated rings. The predicted octanol–water partition coefficient (Wildman–Crippen LogP) is 4.59. The highest BCUT2D eigenvalue weighted by atomic mass is 35.5. The van der Waals surface area contributed by atoms with Crippen molar-refractivity contribution in [3.8, 4) is 0 Å². The number of hydrogen-bond acceptors (Lipinski definition) is 5. The lowest BCUT2D eigenvalue weighted by atomic mass is 10.0. The number of aryl methyl sites for hydroxylation is 2. The maximum atomic E-state index is 13.2. The van der Waals surface area contributed by atoms with Crippen LogP contribution in [0.5, 0.6) is 0 Å². The normalized spacial score (nSPS) is 18.0. The van der Waals surface area contributed by atoms with Gasteiger partial charge in [0, 0.05) is 17.1 Å². The zero-order valence-corrected chi connectivity index (χ0v) is 17.8. The van der Waals surface area contributed by atoms with Crippen LogP contribution in [-0.4, -0.2) is 26.0 Å². The van der Waals surface area contributed by atoms with Crippen LogP contribution in [0.4, 0.5) is 5.69 Å². The highest BCUT2D eigenvalue weighted by molar-refractivity contribution is 8.00. The number of benzene rings is 2.